The summed E-state index contributed by atoms with van der Waals surface area (Å²) in [5, 5.41) is 10.1. The molecule has 0 aromatic carbocycles. The summed E-state index contributed by atoms with van der Waals surface area (Å²) in [5.41, 5.74) is 0.854. The van der Waals surface area contributed by atoms with Crippen LogP contribution in [0.1, 0.15) is 44.6 Å². The topological polar surface area (TPSA) is 48.9 Å². The van der Waals surface area contributed by atoms with Gasteiger partial charge in [0.1, 0.15) is 10.9 Å². The van der Waals surface area contributed by atoms with Crippen LogP contribution in [0.25, 0.3) is 0 Å². The van der Waals surface area contributed by atoms with Crippen molar-refractivity contribution < 1.29 is 5.11 Å². The van der Waals surface area contributed by atoms with Crippen LogP contribution in [0.15, 0.2) is 5.03 Å². The molecule has 0 aliphatic carbocycles. The fraction of sp³-hybridized carbons (Fsp3) is 0.700. The van der Waals surface area contributed by atoms with Crippen molar-refractivity contribution >= 4 is 11.8 Å². The van der Waals surface area contributed by atoms with Crippen molar-refractivity contribution in [3.8, 4) is 0 Å². The Hall–Kier alpha value is -0.480. The highest BCUT2D eigenvalue weighted by atomic mass is 32.2. The molecule has 1 aromatic rings. The molecule has 1 rings (SSSR count). The molecule has 14 heavy (non-hydrogen) atoms. The van der Waals surface area contributed by atoms with E-state index >= 15 is 0 Å². The first-order valence-electron chi connectivity index (χ1n) is 5.05. The highest BCUT2D eigenvalue weighted by Gasteiger charge is 2.12. The van der Waals surface area contributed by atoms with Crippen LogP contribution < -0.4 is 0 Å². The van der Waals surface area contributed by atoms with Crippen molar-refractivity contribution in [3.63, 3.8) is 0 Å². The number of H-pyrrole nitrogens is 1. The van der Waals surface area contributed by atoms with E-state index in [9.17, 15) is 0 Å². The van der Waals surface area contributed by atoms with Gasteiger partial charge >= 0.3 is 0 Å². The SMILES string of the molecule is CCSc1nc(C(C)CC)[nH]c1CO. The van der Waals surface area contributed by atoms with E-state index in [1.165, 1.54) is 0 Å². The van der Waals surface area contributed by atoms with Crippen molar-refractivity contribution in [3.05, 3.63) is 11.5 Å². The third kappa shape index (κ3) is 2.51. The zero-order valence-electron chi connectivity index (χ0n) is 9.00. The first-order valence-corrected chi connectivity index (χ1v) is 6.03. The molecule has 0 amide bonds. The van der Waals surface area contributed by atoms with Gasteiger partial charge in [0.15, 0.2) is 0 Å². The van der Waals surface area contributed by atoms with Crippen LogP contribution in [0.3, 0.4) is 0 Å². The average Bonchev–Trinajstić information content (AvgIpc) is 2.60. The molecule has 3 nitrogen and oxygen atoms in total. The summed E-state index contributed by atoms with van der Waals surface area (Å²) in [7, 11) is 0. The summed E-state index contributed by atoms with van der Waals surface area (Å²) in [5.74, 6) is 2.41. The fourth-order valence-electron chi connectivity index (χ4n) is 1.20. The lowest BCUT2D eigenvalue weighted by Crippen LogP contribution is -1.94. The number of nitrogens with zero attached hydrogens (tertiary/aromatic N) is 1. The van der Waals surface area contributed by atoms with E-state index in [-0.39, 0.29) is 6.61 Å². The minimum atomic E-state index is 0.0474. The minimum Gasteiger partial charge on any atom is -0.390 e. The van der Waals surface area contributed by atoms with Gasteiger partial charge in [-0.2, -0.15) is 0 Å². The van der Waals surface area contributed by atoms with Gasteiger partial charge in [0.2, 0.25) is 0 Å². The molecular formula is C10H18N2OS. The highest BCUT2D eigenvalue weighted by Crippen LogP contribution is 2.24. The summed E-state index contributed by atoms with van der Waals surface area (Å²) in [6.45, 7) is 6.41. The average molecular weight is 214 g/mol. The lowest BCUT2D eigenvalue weighted by Gasteiger charge is -2.02. The monoisotopic (exact) mass is 214 g/mol. The number of rotatable bonds is 5. The molecule has 0 saturated carbocycles. The molecule has 0 fully saturated rings. The van der Waals surface area contributed by atoms with E-state index in [0.29, 0.717) is 5.92 Å². The van der Waals surface area contributed by atoms with Crippen LogP contribution >= 0.6 is 11.8 Å². The maximum absolute atomic E-state index is 9.13. The largest absolute Gasteiger partial charge is 0.390 e. The maximum atomic E-state index is 9.13. The Morgan fingerprint density at radius 1 is 1.50 bits per heavy atom. The smallest absolute Gasteiger partial charge is 0.120 e. The van der Waals surface area contributed by atoms with Gasteiger partial charge in [-0.3, -0.25) is 0 Å². The molecular weight excluding hydrogens is 196 g/mol. The molecule has 0 aliphatic rings. The molecule has 1 atom stereocenters. The Bertz CT molecular complexity index is 286. The second-order valence-electron chi connectivity index (χ2n) is 3.31. The first-order chi connectivity index (χ1) is 6.72. The molecule has 1 aromatic heterocycles. The molecule has 0 aliphatic heterocycles. The Labute approximate surface area is 89.3 Å². The Balaban J connectivity index is 2.88. The molecule has 4 heteroatoms. The highest BCUT2D eigenvalue weighted by molar-refractivity contribution is 7.99. The number of nitrogens with one attached hydrogen (secondary N) is 1. The van der Waals surface area contributed by atoms with Gasteiger partial charge in [0.05, 0.1) is 12.3 Å². The summed E-state index contributed by atoms with van der Waals surface area (Å²) in [4.78, 5) is 7.67. The summed E-state index contributed by atoms with van der Waals surface area (Å²) < 4.78 is 0. The van der Waals surface area contributed by atoms with Gasteiger partial charge in [-0.1, -0.05) is 20.8 Å². The standard InChI is InChI=1S/C10H18N2OS/c1-4-7(3)9-11-8(6-13)10(12-9)14-5-2/h7,13H,4-6H2,1-3H3,(H,11,12). The number of aromatic amines is 1. The van der Waals surface area contributed by atoms with Gasteiger partial charge in [-0.15, -0.1) is 11.8 Å². The van der Waals surface area contributed by atoms with Crippen molar-refractivity contribution in [2.24, 2.45) is 0 Å². The summed E-state index contributed by atoms with van der Waals surface area (Å²) in [6.07, 6.45) is 1.06. The third-order valence-electron chi connectivity index (χ3n) is 2.28. The number of hydrogen-bond acceptors (Lipinski definition) is 3. The summed E-state index contributed by atoms with van der Waals surface area (Å²) in [6, 6.07) is 0. The minimum absolute atomic E-state index is 0.0474. The van der Waals surface area contributed by atoms with Crippen LogP contribution in [0.4, 0.5) is 0 Å². The van der Waals surface area contributed by atoms with Crippen LogP contribution in [0.5, 0.6) is 0 Å². The lowest BCUT2D eigenvalue weighted by molar-refractivity contribution is 0.274. The Morgan fingerprint density at radius 3 is 2.71 bits per heavy atom. The van der Waals surface area contributed by atoms with Crippen LogP contribution in [-0.2, 0) is 6.61 Å². The molecule has 0 radical (unpaired) electrons. The Morgan fingerprint density at radius 2 is 2.21 bits per heavy atom. The number of thioether (sulfide) groups is 1. The van der Waals surface area contributed by atoms with Crippen LogP contribution in [-0.4, -0.2) is 20.8 Å². The quantitative estimate of drug-likeness (QED) is 0.740. The second kappa shape index (κ2) is 5.41. The molecule has 2 N–H and O–H groups in total. The van der Waals surface area contributed by atoms with Gasteiger partial charge in [-0.25, -0.2) is 4.98 Å². The van der Waals surface area contributed by atoms with Crippen LogP contribution in [0.2, 0.25) is 0 Å². The molecule has 1 heterocycles. The predicted octanol–water partition coefficient (Wildman–Crippen LogP) is 2.53. The van der Waals surface area contributed by atoms with Crippen LogP contribution in [0, 0.1) is 0 Å². The normalized spacial score (nSPS) is 13.1. The predicted molar refractivity (Wildman–Crippen MR) is 59.6 cm³/mol. The Kier molecular flexibility index (Phi) is 4.48. The maximum Gasteiger partial charge on any atom is 0.120 e. The van der Waals surface area contributed by atoms with Crippen molar-refractivity contribution in [1.29, 1.82) is 0 Å². The van der Waals surface area contributed by atoms with E-state index in [4.69, 9.17) is 5.11 Å². The van der Waals surface area contributed by atoms with Gasteiger partial charge in [0.25, 0.3) is 0 Å². The van der Waals surface area contributed by atoms with E-state index in [1.54, 1.807) is 11.8 Å². The lowest BCUT2D eigenvalue weighted by atomic mass is 10.1. The first kappa shape index (κ1) is 11.6. The fourth-order valence-corrected chi connectivity index (χ4v) is 1.93. The zero-order valence-corrected chi connectivity index (χ0v) is 9.82. The van der Waals surface area contributed by atoms with E-state index in [0.717, 1.165) is 28.7 Å². The molecule has 0 spiro atoms. The third-order valence-corrected chi connectivity index (χ3v) is 3.18. The second-order valence-corrected chi connectivity index (χ2v) is 4.56. The number of hydrogen-bond donors (Lipinski definition) is 2. The number of aliphatic hydroxyl groups is 1. The number of imidazole rings is 1. The van der Waals surface area contributed by atoms with Crippen molar-refractivity contribution in [2.75, 3.05) is 5.75 Å². The molecule has 0 bridgehead atoms. The van der Waals surface area contributed by atoms with Gasteiger partial charge < -0.3 is 10.1 Å². The van der Waals surface area contributed by atoms with Crippen molar-refractivity contribution in [2.45, 2.75) is 44.7 Å². The van der Waals surface area contributed by atoms with E-state index in [1.807, 2.05) is 0 Å². The summed E-state index contributed by atoms with van der Waals surface area (Å²) >= 11 is 1.67. The van der Waals surface area contributed by atoms with Gasteiger partial charge in [-0.05, 0) is 12.2 Å². The molecule has 0 saturated heterocycles. The molecule has 80 valence electrons. The number of aliphatic hydroxyl groups excluding tert-OH is 1. The molecule has 1 unspecified atom stereocenters. The van der Waals surface area contributed by atoms with E-state index < -0.39 is 0 Å². The van der Waals surface area contributed by atoms with Crippen molar-refractivity contribution in [1.82, 2.24) is 9.97 Å². The van der Waals surface area contributed by atoms with Gasteiger partial charge in [0, 0.05) is 5.92 Å². The van der Waals surface area contributed by atoms with E-state index in [2.05, 4.69) is 30.7 Å². The zero-order chi connectivity index (χ0) is 10.6. The number of aromatic nitrogens is 2.